The van der Waals surface area contributed by atoms with Crippen molar-refractivity contribution in [1.29, 1.82) is 0 Å². The third kappa shape index (κ3) is 3.22. The van der Waals surface area contributed by atoms with Gasteiger partial charge in [0, 0.05) is 0 Å². The number of rotatable bonds is 3. The Kier molecular flexibility index (Phi) is 3.94. The van der Waals surface area contributed by atoms with Gasteiger partial charge in [0.25, 0.3) is 0 Å². The van der Waals surface area contributed by atoms with Crippen molar-refractivity contribution in [2.24, 2.45) is 5.92 Å². The van der Waals surface area contributed by atoms with Gasteiger partial charge in [-0.15, -0.1) is 0 Å². The smallest absolute Gasteiger partial charge is 0.207 e. The highest BCUT2D eigenvalue weighted by Gasteiger charge is 2.31. The maximum Gasteiger partial charge on any atom is 0.416 e. The van der Waals surface area contributed by atoms with Gasteiger partial charge in [-0.25, -0.2) is 4.39 Å². The summed E-state index contributed by atoms with van der Waals surface area (Å²) in [5.74, 6) is -0.383. The van der Waals surface area contributed by atoms with Gasteiger partial charge >= 0.3 is 6.18 Å². The van der Waals surface area contributed by atoms with Crippen molar-refractivity contribution in [3.63, 3.8) is 0 Å². The van der Waals surface area contributed by atoms with Gasteiger partial charge in [-0.3, -0.25) is 0 Å². The van der Waals surface area contributed by atoms with E-state index in [4.69, 9.17) is 0 Å². The molecule has 0 amide bonds. The minimum Gasteiger partial charge on any atom is -0.207 e. The number of hydrogen-bond donors (Lipinski definition) is 0. The molecule has 0 heterocycles. The van der Waals surface area contributed by atoms with Gasteiger partial charge in [0.2, 0.25) is 0 Å². The molecule has 4 heteroatoms. The molecule has 0 radical (unpaired) electrons. The predicted octanol–water partition coefficient (Wildman–Crippen LogP) is 4.43. The monoisotopic (exact) mass is 234 g/mol. The molecule has 1 aromatic carbocycles. The Balaban J connectivity index is 3.00. The normalized spacial score (nSPS) is 13.9. The van der Waals surface area contributed by atoms with Gasteiger partial charge in [-0.2, -0.15) is 13.2 Å². The second-order valence-electron chi connectivity index (χ2n) is 4.02. The molecular formula is C12H14F4. The number of hydrogen-bond acceptors (Lipinski definition) is 0. The summed E-state index contributed by atoms with van der Waals surface area (Å²) in [5.41, 5.74) is -0.642. The van der Waals surface area contributed by atoms with Crippen LogP contribution in [0.3, 0.4) is 0 Å². The average Bonchev–Trinajstić information content (AvgIpc) is 2.19. The fourth-order valence-corrected chi connectivity index (χ4v) is 1.43. The first kappa shape index (κ1) is 13.0. The minimum absolute atomic E-state index is 0.143. The Labute approximate surface area is 92.3 Å². The van der Waals surface area contributed by atoms with Gasteiger partial charge in [-0.1, -0.05) is 20.3 Å². The molecule has 1 rings (SSSR count). The van der Waals surface area contributed by atoms with Crippen LogP contribution < -0.4 is 0 Å². The lowest BCUT2D eigenvalue weighted by Crippen LogP contribution is -2.08. The molecule has 1 unspecified atom stereocenters. The Bertz CT molecular complexity index is 355. The SMILES string of the molecule is CCC(C)Cc1cc(C(F)(F)F)ccc1F. The fourth-order valence-electron chi connectivity index (χ4n) is 1.43. The van der Waals surface area contributed by atoms with E-state index in [0.29, 0.717) is 6.42 Å². The molecule has 16 heavy (non-hydrogen) atoms. The van der Waals surface area contributed by atoms with E-state index in [2.05, 4.69) is 0 Å². The average molecular weight is 234 g/mol. The van der Waals surface area contributed by atoms with Crippen molar-refractivity contribution in [1.82, 2.24) is 0 Å². The van der Waals surface area contributed by atoms with Crippen LogP contribution in [0, 0.1) is 11.7 Å². The molecule has 0 saturated carbocycles. The second kappa shape index (κ2) is 4.85. The van der Waals surface area contributed by atoms with E-state index in [-0.39, 0.29) is 11.5 Å². The molecule has 0 saturated heterocycles. The molecular weight excluding hydrogens is 220 g/mol. The third-order valence-corrected chi connectivity index (χ3v) is 2.64. The Morgan fingerprint density at radius 1 is 1.25 bits per heavy atom. The summed E-state index contributed by atoms with van der Waals surface area (Å²) in [6.45, 7) is 3.82. The third-order valence-electron chi connectivity index (χ3n) is 2.64. The summed E-state index contributed by atoms with van der Waals surface area (Å²) in [4.78, 5) is 0. The molecule has 0 N–H and O–H groups in total. The minimum atomic E-state index is -4.40. The number of benzene rings is 1. The molecule has 0 nitrogen and oxygen atoms in total. The molecule has 1 aromatic rings. The van der Waals surface area contributed by atoms with E-state index < -0.39 is 17.6 Å². The lowest BCUT2D eigenvalue weighted by molar-refractivity contribution is -0.137. The Morgan fingerprint density at radius 2 is 1.88 bits per heavy atom. The summed E-state index contributed by atoms with van der Waals surface area (Å²) in [7, 11) is 0. The summed E-state index contributed by atoms with van der Waals surface area (Å²) in [5, 5.41) is 0. The zero-order chi connectivity index (χ0) is 12.3. The molecule has 0 spiro atoms. The molecule has 0 aliphatic carbocycles. The van der Waals surface area contributed by atoms with Crippen molar-refractivity contribution >= 4 is 0 Å². The highest BCUT2D eigenvalue weighted by molar-refractivity contribution is 5.27. The van der Waals surface area contributed by atoms with Crippen LogP contribution in [0.25, 0.3) is 0 Å². The van der Waals surface area contributed by atoms with Gasteiger partial charge in [0.1, 0.15) is 5.82 Å². The number of alkyl halides is 3. The predicted molar refractivity (Wildman–Crippen MR) is 54.6 cm³/mol. The van der Waals surface area contributed by atoms with Crippen LogP contribution in [0.15, 0.2) is 18.2 Å². The van der Waals surface area contributed by atoms with Crippen LogP contribution in [0.2, 0.25) is 0 Å². The van der Waals surface area contributed by atoms with Gasteiger partial charge in [0.05, 0.1) is 5.56 Å². The van der Waals surface area contributed by atoms with E-state index in [0.717, 1.165) is 24.6 Å². The summed E-state index contributed by atoms with van der Waals surface area (Å²) in [6.07, 6.45) is -3.25. The van der Waals surface area contributed by atoms with Crippen molar-refractivity contribution in [3.8, 4) is 0 Å². The van der Waals surface area contributed by atoms with Gasteiger partial charge in [0.15, 0.2) is 0 Å². The zero-order valence-corrected chi connectivity index (χ0v) is 9.24. The first-order valence-electron chi connectivity index (χ1n) is 5.20. The first-order chi connectivity index (χ1) is 7.34. The zero-order valence-electron chi connectivity index (χ0n) is 9.24. The van der Waals surface area contributed by atoms with Crippen molar-refractivity contribution < 1.29 is 17.6 Å². The van der Waals surface area contributed by atoms with E-state index >= 15 is 0 Å². The van der Waals surface area contributed by atoms with Gasteiger partial charge in [-0.05, 0) is 36.1 Å². The molecule has 0 aromatic heterocycles. The molecule has 0 aliphatic rings. The molecule has 1 atom stereocenters. The number of halogens is 4. The molecule has 0 aliphatic heterocycles. The van der Waals surface area contributed by atoms with Crippen LogP contribution >= 0.6 is 0 Å². The summed E-state index contributed by atoms with van der Waals surface area (Å²) >= 11 is 0. The van der Waals surface area contributed by atoms with Crippen LogP contribution in [0.5, 0.6) is 0 Å². The Hall–Kier alpha value is -1.06. The molecule has 0 bridgehead atoms. The highest BCUT2D eigenvalue weighted by atomic mass is 19.4. The lowest BCUT2D eigenvalue weighted by Gasteiger charge is -2.12. The van der Waals surface area contributed by atoms with Crippen molar-refractivity contribution in [2.75, 3.05) is 0 Å². The topological polar surface area (TPSA) is 0 Å². The second-order valence-corrected chi connectivity index (χ2v) is 4.02. The fraction of sp³-hybridized carbons (Fsp3) is 0.500. The maximum absolute atomic E-state index is 13.3. The van der Waals surface area contributed by atoms with Crippen LogP contribution in [-0.4, -0.2) is 0 Å². The standard InChI is InChI=1S/C12H14F4/c1-3-8(2)6-9-7-10(12(14,15)16)4-5-11(9)13/h4-5,7-8H,3,6H2,1-2H3. The quantitative estimate of drug-likeness (QED) is 0.678. The largest absolute Gasteiger partial charge is 0.416 e. The van der Waals surface area contributed by atoms with Crippen molar-refractivity contribution in [3.05, 3.63) is 35.1 Å². The van der Waals surface area contributed by atoms with Crippen LogP contribution in [-0.2, 0) is 12.6 Å². The van der Waals surface area contributed by atoms with E-state index in [1.807, 2.05) is 13.8 Å². The Morgan fingerprint density at radius 3 is 2.38 bits per heavy atom. The van der Waals surface area contributed by atoms with E-state index in [1.165, 1.54) is 0 Å². The highest BCUT2D eigenvalue weighted by Crippen LogP contribution is 2.31. The van der Waals surface area contributed by atoms with Gasteiger partial charge < -0.3 is 0 Å². The maximum atomic E-state index is 13.3. The van der Waals surface area contributed by atoms with E-state index in [1.54, 1.807) is 0 Å². The van der Waals surface area contributed by atoms with Crippen molar-refractivity contribution in [2.45, 2.75) is 32.9 Å². The van der Waals surface area contributed by atoms with Crippen LogP contribution in [0.4, 0.5) is 17.6 Å². The first-order valence-corrected chi connectivity index (χ1v) is 5.20. The summed E-state index contributed by atoms with van der Waals surface area (Å²) in [6, 6.07) is 2.57. The summed E-state index contributed by atoms with van der Waals surface area (Å²) < 4.78 is 50.5. The molecule has 0 fully saturated rings. The molecule has 90 valence electrons. The van der Waals surface area contributed by atoms with E-state index in [9.17, 15) is 17.6 Å². The lowest BCUT2D eigenvalue weighted by atomic mass is 9.97. The van der Waals surface area contributed by atoms with Crippen LogP contribution in [0.1, 0.15) is 31.4 Å².